The number of aryl methyl sites for hydroxylation is 1. The molecule has 0 fully saturated rings. The highest BCUT2D eigenvalue weighted by Crippen LogP contribution is 2.27. The highest BCUT2D eigenvalue weighted by Gasteiger charge is 2.12. The van der Waals surface area contributed by atoms with Gasteiger partial charge < -0.3 is 14.8 Å². The van der Waals surface area contributed by atoms with Crippen molar-refractivity contribution in [2.45, 2.75) is 46.1 Å². The van der Waals surface area contributed by atoms with Gasteiger partial charge in [-0.05, 0) is 48.1 Å². The third-order valence-corrected chi connectivity index (χ3v) is 5.05. The molecule has 0 bridgehead atoms. The maximum absolute atomic E-state index is 10.6. The van der Waals surface area contributed by atoms with Crippen LogP contribution in [0, 0.1) is 6.92 Å². The SMILES string of the molecule is CCCCC(=Cc1nnc(-c2ccc(CNCCC(=O)O)cc2C)o1)c1ccccc1. The normalized spacial score (nSPS) is 11.6. The van der Waals surface area contributed by atoms with Crippen molar-refractivity contribution in [3.8, 4) is 11.5 Å². The van der Waals surface area contributed by atoms with E-state index in [1.165, 1.54) is 11.1 Å². The maximum Gasteiger partial charge on any atom is 0.304 e. The van der Waals surface area contributed by atoms with Crippen molar-refractivity contribution in [1.82, 2.24) is 15.5 Å². The Morgan fingerprint density at radius 3 is 2.65 bits per heavy atom. The van der Waals surface area contributed by atoms with Gasteiger partial charge in [0.1, 0.15) is 0 Å². The fourth-order valence-corrected chi connectivity index (χ4v) is 3.37. The lowest BCUT2D eigenvalue weighted by Crippen LogP contribution is -2.17. The highest BCUT2D eigenvalue weighted by atomic mass is 16.4. The van der Waals surface area contributed by atoms with Crippen LogP contribution in [0.25, 0.3) is 23.1 Å². The molecule has 3 rings (SSSR count). The van der Waals surface area contributed by atoms with Crippen LogP contribution in [0.1, 0.15) is 55.2 Å². The summed E-state index contributed by atoms with van der Waals surface area (Å²) in [7, 11) is 0. The lowest BCUT2D eigenvalue weighted by atomic mass is 10.00. The largest absolute Gasteiger partial charge is 0.481 e. The number of aromatic nitrogens is 2. The van der Waals surface area contributed by atoms with Crippen molar-refractivity contribution in [2.75, 3.05) is 6.54 Å². The number of allylic oxidation sites excluding steroid dienone is 1. The number of benzene rings is 2. The molecule has 0 saturated heterocycles. The van der Waals surface area contributed by atoms with Crippen molar-refractivity contribution in [3.05, 3.63) is 71.1 Å². The Bertz CT molecular complexity index is 1030. The molecule has 0 amide bonds. The van der Waals surface area contributed by atoms with E-state index in [1.54, 1.807) is 0 Å². The summed E-state index contributed by atoms with van der Waals surface area (Å²) in [6.07, 6.45) is 5.27. The van der Waals surface area contributed by atoms with Gasteiger partial charge in [-0.2, -0.15) is 0 Å². The van der Waals surface area contributed by atoms with Gasteiger partial charge in [0.25, 0.3) is 0 Å². The Morgan fingerprint density at radius 2 is 1.94 bits per heavy atom. The molecule has 0 aliphatic carbocycles. The zero-order chi connectivity index (χ0) is 22.1. The number of nitrogens with one attached hydrogen (secondary N) is 1. The number of hydrogen-bond donors (Lipinski definition) is 2. The Morgan fingerprint density at radius 1 is 1.13 bits per heavy atom. The van der Waals surface area contributed by atoms with Gasteiger partial charge in [-0.25, -0.2) is 0 Å². The standard InChI is InChI=1S/C25H29N3O3/c1-3-4-8-21(20-9-6-5-7-10-20)16-23-27-28-25(31-23)22-12-11-19(15-18(22)2)17-26-14-13-24(29)30/h5-7,9-12,15-16,26H,3-4,8,13-14,17H2,1-2H3,(H,29,30). The number of rotatable bonds is 11. The van der Waals surface area contributed by atoms with Crippen LogP contribution in [0.5, 0.6) is 0 Å². The number of hydrogen-bond acceptors (Lipinski definition) is 5. The molecule has 0 spiro atoms. The van der Waals surface area contributed by atoms with E-state index in [-0.39, 0.29) is 6.42 Å². The van der Waals surface area contributed by atoms with Crippen LogP contribution in [0.2, 0.25) is 0 Å². The molecule has 1 aromatic heterocycles. The van der Waals surface area contributed by atoms with Gasteiger partial charge in [0.05, 0.1) is 6.42 Å². The number of carbonyl (C=O) groups is 1. The number of unbranched alkanes of at least 4 members (excludes halogenated alkanes) is 1. The minimum atomic E-state index is -0.801. The summed E-state index contributed by atoms with van der Waals surface area (Å²) < 4.78 is 5.97. The van der Waals surface area contributed by atoms with E-state index in [9.17, 15) is 4.79 Å². The molecule has 31 heavy (non-hydrogen) atoms. The highest BCUT2D eigenvalue weighted by molar-refractivity contribution is 5.79. The van der Waals surface area contributed by atoms with Gasteiger partial charge >= 0.3 is 5.97 Å². The summed E-state index contributed by atoms with van der Waals surface area (Å²) in [5.74, 6) is 0.200. The van der Waals surface area contributed by atoms with Crippen LogP contribution in [0.15, 0.2) is 52.9 Å². The second-order valence-corrected chi connectivity index (χ2v) is 7.55. The Labute approximate surface area is 183 Å². The Balaban J connectivity index is 1.74. The van der Waals surface area contributed by atoms with Gasteiger partial charge in [-0.3, -0.25) is 4.79 Å². The van der Waals surface area contributed by atoms with Gasteiger partial charge in [-0.15, -0.1) is 10.2 Å². The molecule has 3 aromatic rings. The molecule has 2 N–H and O–H groups in total. The summed E-state index contributed by atoms with van der Waals surface area (Å²) in [5.41, 5.74) is 5.38. The van der Waals surface area contributed by atoms with Crippen molar-refractivity contribution in [2.24, 2.45) is 0 Å². The molecule has 162 valence electrons. The fourth-order valence-electron chi connectivity index (χ4n) is 3.37. The minimum absolute atomic E-state index is 0.110. The first-order chi connectivity index (χ1) is 15.1. The number of carboxylic acid groups (broad SMARTS) is 1. The molecular formula is C25H29N3O3. The fraction of sp³-hybridized carbons (Fsp3) is 0.320. The molecule has 0 atom stereocenters. The molecule has 0 saturated carbocycles. The van der Waals surface area contributed by atoms with Crippen molar-refractivity contribution in [1.29, 1.82) is 0 Å². The third-order valence-electron chi connectivity index (χ3n) is 5.05. The summed E-state index contributed by atoms with van der Waals surface area (Å²) in [5, 5.41) is 20.4. The van der Waals surface area contributed by atoms with Crippen molar-refractivity contribution >= 4 is 17.6 Å². The first kappa shape index (κ1) is 22.4. The summed E-state index contributed by atoms with van der Waals surface area (Å²) in [6.45, 7) is 5.25. The zero-order valence-corrected chi connectivity index (χ0v) is 18.1. The molecule has 1 heterocycles. The summed E-state index contributed by atoms with van der Waals surface area (Å²) in [4.78, 5) is 10.6. The number of aliphatic carboxylic acids is 1. The minimum Gasteiger partial charge on any atom is -0.481 e. The first-order valence-corrected chi connectivity index (χ1v) is 10.7. The summed E-state index contributed by atoms with van der Waals surface area (Å²) >= 11 is 0. The van der Waals surface area contributed by atoms with E-state index in [1.807, 2.05) is 43.3 Å². The smallest absolute Gasteiger partial charge is 0.304 e. The van der Waals surface area contributed by atoms with Gasteiger partial charge in [0, 0.05) is 24.7 Å². The van der Waals surface area contributed by atoms with E-state index in [4.69, 9.17) is 9.52 Å². The molecule has 0 aliphatic heterocycles. The molecule has 0 aliphatic rings. The Hall–Kier alpha value is -3.25. The lowest BCUT2D eigenvalue weighted by Gasteiger charge is -2.07. The average Bonchev–Trinajstić information content (AvgIpc) is 3.23. The Kier molecular flexibility index (Phi) is 8.12. The monoisotopic (exact) mass is 419 g/mol. The van der Waals surface area contributed by atoms with Crippen LogP contribution >= 0.6 is 0 Å². The van der Waals surface area contributed by atoms with Crippen LogP contribution in [0.3, 0.4) is 0 Å². The van der Waals surface area contributed by atoms with Crippen LogP contribution < -0.4 is 5.32 Å². The molecule has 6 nitrogen and oxygen atoms in total. The van der Waals surface area contributed by atoms with Crippen molar-refractivity contribution < 1.29 is 14.3 Å². The number of carboxylic acids is 1. The van der Waals surface area contributed by atoms with Crippen LogP contribution in [-0.4, -0.2) is 27.8 Å². The van der Waals surface area contributed by atoms with E-state index in [0.717, 1.165) is 36.0 Å². The van der Waals surface area contributed by atoms with Crippen LogP contribution in [0.4, 0.5) is 0 Å². The molecular weight excluding hydrogens is 390 g/mol. The topological polar surface area (TPSA) is 88.2 Å². The van der Waals surface area contributed by atoms with Crippen molar-refractivity contribution in [3.63, 3.8) is 0 Å². The van der Waals surface area contributed by atoms with E-state index in [2.05, 4.69) is 40.6 Å². The lowest BCUT2D eigenvalue weighted by molar-refractivity contribution is -0.136. The second-order valence-electron chi connectivity index (χ2n) is 7.55. The van der Waals surface area contributed by atoms with E-state index < -0.39 is 5.97 Å². The van der Waals surface area contributed by atoms with Crippen LogP contribution in [-0.2, 0) is 11.3 Å². The number of nitrogens with zero attached hydrogens (tertiary/aromatic N) is 2. The molecule has 0 radical (unpaired) electrons. The zero-order valence-electron chi connectivity index (χ0n) is 18.1. The average molecular weight is 420 g/mol. The predicted octanol–water partition coefficient (Wildman–Crippen LogP) is 5.34. The molecule has 0 unspecified atom stereocenters. The summed E-state index contributed by atoms with van der Waals surface area (Å²) in [6, 6.07) is 16.3. The van der Waals surface area contributed by atoms with Gasteiger partial charge in [0.15, 0.2) is 0 Å². The van der Waals surface area contributed by atoms with E-state index in [0.29, 0.717) is 24.9 Å². The van der Waals surface area contributed by atoms with Gasteiger partial charge in [0.2, 0.25) is 11.8 Å². The second kappa shape index (κ2) is 11.2. The predicted molar refractivity (Wildman–Crippen MR) is 122 cm³/mol. The van der Waals surface area contributed by atoms with Gasteiger partial charge in [-0.1, -0.05) is 55.8 Å². The maximum atomic E-state index is 10.6. The molecule has 2 aromatic carbocycles. The third kappa shape index (κ3) is 6.62. The quantitative estimate of drug-likeness (QED) is 0.408. The van der Waals surface area contributed by atoms with E-state index >= 15 is 0 Å². The molecule has 6 heteroatoms. The first-order valence-electron chi connectivity index (χ1n) is 10.7.